The zero-order valence-electron chi connectivity index (χ0n) is 8.69. The quantitative estimate of drug-likeness (QED) is 0.538. The fourth-order valence-corrected chi connectivity index (χ4v) is 1.20. The van der Waals surface area contributed by atoms with Crippen LogP contribution in [0, 0.1) is 19.0 Å². The van der Waals surface area contributed by atoms with Crippen LogP contribution in [-0.2, 0) is 6.42 Å². The number of rotatable bonds is 5. The maximum Gasteiger partial charge on any atom is 0.207 e. The molecule has 0 aromatic heterocycles. The van der Waals surface area contributed by atoms with Gasteiger partial charge in [0.2, 0.25) is 6.61 Å². The molecule has 2 nitrogen and oxygen atoms in total. The third-order valence-electron chi connectivity index (χ3n) is 1.86. The minimum atomic E-state index is 0.614. The minimum Gasteiger partial charge on any atom is -0.493 e. The van der Waals surface area contributed by atoms with Gasteiger partial charge in [-0.3, -0.25) is 0 Å². The molecule has 77 valence electrons. The van der Waals surface area contributed by atoms with Gasteiger partial charge in [-0.15, -0.1) is 13.0 Å². The second-order valence-electron chi connectivity index (χ2n) is 2.88. The van der Waals surface area contributed by atoms with Crippen LogP contribution in [0.4, 0.5) is 0 Å². The van der Waals surface area contributed by atoms with E-state index < -0.39 is 0 Å². The maximum absolute atomic E-state index is 5.20. The van der Waals surface area contributed by atoms with Gasteiger partial charge < -0.3 is 9.47 Å². The Morgan fingerprint density at radius 3 is 2.87 bits per heavy atom. The van der Waals surface area contributed by atoms with E-state index >= 15 is 0 Å². The lowest BCUT2D eigenvalue weighted by atomic mass is 10.1. The molecule has 0 saturated carbocycles. The van der Waals surface area contributed by atoms with E-state index in [1.165, 1.54) is 6.61 Å². The van der Waals surface area contributed by atoms with Crippen molar-refractivity contribution in [3.8, 4) is 23.8 Å². The average Bonchev–Trinajstić information content (AvgIpc) is 2.27. The molecule has 0 amide bonds. The summed E-state index contributed by atoms with van der Waals surface area (Å²) in [5.41, 5.74) is 1.12. The molecule has 0 aliphatic rings. The summed E-state index contributed by atoms with van der Waals surface area (Å²) < 4.78 is 10.4. The Morgan fingerprint density at radius 2 is 2.27 bits per heavy atom. The van der Waals surface area contributed by atoms with Crippen molar-refractivity contribution in [1.29, 1.82) is 0 Å². The number of benzene rings is 1. The number of hydrogen-bond donors (Lipinski definition) is 0. The summed E-state index contributed by atoms with van der Waals surface area (Å²) >= 11 is 0. The molecule has 0 spiro atoms. The standard InChI is InChI=1S/C13H13O2/c1-4-6-11-7-8-12(15-9-5-2)13(10-11)14-3/h2,4,7-10H,1,6H2,3H3. The lowest BCUT2D eigenvalue weighted by Gasteiger charge is -2.09. The molecule has 0 saturated heterocycles. The van der Waals surface area contributed by atoms with Crippen LogP contribution in [0.15, 0.2) is 30.9 Å². The fourth-order valence-electron chi connectivity index (χ4n) is 1.20. The SMILES string of the molecule is C#C[CH]Oc1ccc(CC=C)cc1OC. The van der Waals surface area contributed by atoms with Crippen molar-refractivity contribution < 1.29 is 9.47 Å². The maximum atomic E-state index is 5.20. The van der Waals surface area contributed by atoms with Crippen LogP contribution in [-0.4, -0.2) is 7.11 Å². The Balaban J connectivity index is 2.88. The topological polar surface area (TPSA) is 18.5 Å². The molecule has 0 heterocycles. The normalized spacial score (nSPS) is 9.07. The van der Waals surface area contributed by atoms with Crippen LogP contribution < -0.4 is 9.47 Å². The third-order valence-corrected chi connectivity index (χ3v) is 1.86. The van der Waals surface area contributed by atoms with Crippen LogP contribution >= 0.6 is 0 Å². The van der Waals surface area contributed by atoms with Crippen molar-refractivity contribution in [3.63, 3.8) is 0 Å². The van der Waals surface area contributed by atoms with E-state index in [1.807, 2.05) is 24.3 Å². The Kier molecular flexibility index (Phi) is 4.30. The summed E-state index contributed by atoms with van der Waals surface area (Å²) in [6.07, 6.45) is 7.70. The Morgan fingerprint density at radius 1 is 1.47 bits per heavy atom. The van der Waals surface area contributed by atoms with E-state index in [4.69, 9.17) is 15.9 Å². The van der Waals surface area contributed by atoms with Crippen LogP contribution in [0.1, 0.15) is 5.56 Å². The van der Waals surface area contributed by atoms with Gasteiger partial charge in [0.05, 0.1) is 7.11 Å². The minimum absolute atomic E-state index is 0.614. The molecule has 15 heavy (non-hydrogen) atoms. The fraction of sp³-hybridized carbons (Fsp3) is 0.154. The first kappa shape index (κ1) is 11.2. The van der Waals surface area contributed by atoms with Gasteiger partial charge in [-0.05, 0) is 24.1 Å². The monoisotopic (exact) mass is 201 g/mol. The smallest absolute Gasteiger partial charge is 0.207 e. The van der Waals surface area contributed by atoms with E-state index in [0.717, 1.165) is 12.0 Å². The Bertz CT molecular complexity index is 375. The number of hydrogen-bond acceptors (Lipinski definition) is 2. The first-order valence-electron chi connectivity index (χ1n) is 4.54. The zero-order valence-corrected chi connectivity index (χ0v) is 8.69. The Hall–Kier alpha value is -1.88. The van der Waals surface area contributed by atoms with Crippen LogP contribution in [0.3, 0.4) is 0 Å². The lowest BCUT2D eigenvalue weighted by Crippen LogP contribution is -1.93. The molecular formula is C13H13O2. The van der Waals surface area contributed by atoms with Crippen molar-refractivity contribution in [2.45, 2.75) is 6.42 Å². The predicted molar refractivity (Wildman–Crippen MR) is 60.7 cm³/mol. The molecule has 0 bridgehead atoms. The van der Waals surface area contributed by atoms with Gasteiger partial charge in [0, 0.05) is 0 Å². The van der Waals surface area contributed by atoms with Crippen molar-refractivity contribution in [2.75, 3.05) is 7.11 Å². The van der Waals surface area contributed by atoms with Crippen molar-refractivity contribution in [3.05, 3.63) is 43.0 Å². The third kappa shape index (κ3) is 3.07. The second kappa shape index (κ2) is 5.77. The van der Waals surface area contributed by atoms with Crippen molar-refractivity contribution >= 4 is 0 Å². The molecule has 0 unspecified atom stereocenters. The molecular weight excluding hydrogens is 188 g/mol. The van der Waals surface area contributed by atoms with Crippen molar-refractivity contribution in [1.82, 2.24) is 0 Å². The van der Waals surface area contributed by atoms with E-state index in [0.29, 0.717) is 11.5 Å². The van der Waals surface area contributed by atoms with Crippen molar-refractivity contribution in [2.24, 2.45) is 0 Å². The molecule has 0 N–H and O–H groups in total. The highest BCUT2D eigenvalue weighted by Gasteiger charge is 2.04. The summed E-state index contributed by atoms with van der Waals surface area (Å²) in [5.74, 6) is 3.57. The van der Waals surface area contributed by atoms with E-state index in [1.54, 1.807) is 7.11 Å². The predicted octanol–water partition coefficient (Wildman–Crippen LogP) is 2.60. The van der Waals surface area contributed by atoms with Gasteiger partial charge in [0.1, 0.15) is 0 Å². The Labute approximate surface area is 90.5 Å². The summed E-state index contributed by atoms with van der Waals surface area (Å²) in [6.45, 7) is 4.96. The lowest BCUT2D eigenvalue weighted by molar-refractivity contribution is 0.365. The first-order chi connectivity index (χ1) is 7.31. The molecule has 0 aliphatic heterocycles. The molecule has 1 aromatic carbocycles. The van der Waals surface area contributed by atoms with E-state index in [2.05, 4.69) is 12.5 Å². The molecule has 1 rings (SSSR count). The molecule has 0 atom stereocenters. The second-order valence-corrected chi connectivity index (χ2v) is 2.88. The molecule has 0 aliphatic carbocycles. The van der Waals surface area contributed by atoms with E-state index in [-0.39, 0.29) is 0 Å². The largest absolute Gasteiger partial charge is 0.493 e. The van der Waals surface area contributed by atoms with E-state index in [9.17, 15) is 0 Å². The van der Waals surface area contributed by atoms with Crippen LogP contribution in [0.25, 0.3) is 0 Å². The van der Waals surface area contributed by atoms with Crippen LogP contribution in [0.2, 0.25) is 0 Å². The number of ether oxygens (including phenoxy) is 2. The summed E-state index contributed by atoms with van der Waals surface area (Å²) in [5, 5.41) is 0. The zero-order chi connectivity index (χ0) is 11.1. The van der Waals surface area contributed by atoms with Gasteiger partial charge >= 0.3 is 0 Å². The molecule has 1 radical (unpaired) electrons. The highest BCUT2D eigenvalue weighted by atomic mass is 16.5. The number of terminal acetylenes is 1. The summed E-state index contributed by atoms with van der Waals surface area (Å²) in [4.78, 5) is 0. The average molecular weight is 201 g/mol. The van der Waals surface area contributed by atoms with Crippen LogP contribution in [0.5, 0.6) is 11.5 Å². The molecule has 0 fully saturated rings. The van der Waals surface area contributed by atoms with Gasteiger partial charge in [-0.2, -0.15) is 0 Å². The summed E-state index contributed by atoms with van der Waals surface area (Å²) in [6, 6.07) is 5.68. The molecule has 2 heteroatoms. The first-order valence-corrected chi connectivity index (χ1v) is 4.54. The van der Waals surface area contributed by atoms with Gasteiger partial charge in [-0.1, -0.05) is 18.1 Å². The summed E-state index contributed by atoms with van der Waals surface area (Å²) in [7, 11) is 1.59. The van der Waals surface area contributed by atoms with Gasteiger partial charge in [0.25, 0.3) is 0 Å². The van der Waals surface area contributed by atoms with Gasteiger partial charge in [0.15, 0.2) is 11.5 Å². The highest BCUT2D eigenvalue weighted by Crippen LogP contribution is 2.28. The van der Waals surface area contributed by atoms with Gasteiger partial charge in [-0.25, -0.2) is 0 Å². The number of allylic oxidation sites excluding steroid dienone is 1. The highest BCUT2D eigenvalue weighted by molar-refractivity contribution is 5.43. The molecule has 1 aromatic rings. The number of methoxy groups -OCH3 is 1.